The van der Waals surface area contributed by atoms with Crippen LogP contribution in [-0.4, -0.2) is 22.8 Å². The zero-order valence-corrected chi connectivity index (χ0v) is 28.6. The second-order valence-electron chi connectivity index (χ2n) is 11.9. The average molecular weight is 699 g/mol. The van der Waals surface area contributed by atoms with Crippen molar-refractivity contribution in [3.8, 4) is 17.2 Å². The molecule has 0 bridgehead atoms. The minimum absolute atomic E-state index is 0.0560. The van der Waals surface area contributed by atoms with Gasteiger partial charge in [-0.15, -0.1) is 9.24 Å². The van der Waals surface area contributed by atoms with E-state index in [4.69, 9.17) is 9.47 Å². The fourth-order valence-electron chi connectivity index (χ4n) is 5.02. The molecular formula is C34H34F6O3P2S. The van der Waals surface area contributed by atoms with E-state index in [-0.39, 0.29) is 27.9 Å². The van der Waals surface area contributed by atoms with Crippen LogP contribution in [0.3, 0.4) is 0 Å². The summed E-state index contributed by atoms with van der Waals surface area (Å²) in [7, 11) is 1.10. The average Bonchev–Trinajstić information content (AvgIpc) is 2.93. The molecule has 0 radical (unpaired) electrons. The van der Waals surface area contributed by atoms with Crippen LogP contribution in [0.25, 0.3) is 0 Å². The van der Waals surface area contributed by atoms with Gasteiger partial charge in [0.2, 0.25) is 5.41 Å². The number of hydrogen-bond donors (Lipinski definition) is 1. The Labute approximate surface area is 273 Å². The fraction of sp³-hybridized carbons (Fsp3) is 0.294. The maximum Gasteiger partial charge on any atom is 0.411 e. The highest BCUT2D eigenvalue weighted by Crippen LogP contribution is 2.56. The predicted molar refractivity (Wildman–Crippen MR) is 177 cm³/mol. The number of hydrogen-bond acceptors (Lipinski definition) is 4. The van der Waals surface area contributed by atoms with Gasteiger partial charge in [-0.25, -0.2) is 0 Å². The molecule has 12 heteroatoms. The van der Waals surface area contributed by atoms with Gasteiger partial charge in [-0.2, -0.15) is 26.3 Å². The van der Waals surface area contributed by atoms with Crippen LogP contribution in [0, 0.1) is 0 Å². The molecule has 46 heavy (non-hydrogen) atoms. The van der Waals surface area contributed by atoms with E-state index in [0.717, 1.165) is 45.9 Å². The summed E-state index contributed by atoms with van der Waals surface area (Å²) in [5.74, 6) is 0.867. The van der Waals surface area contributed by atoms with Gasteiger partial charge in [0.15, 0.2) is 0 Å². The molecule has 1 N–H and O–H groups in total. The van der Waals surface area contributed by atoms with Crippen LogP contribution in [0.2, 0.25) is 0 Å². The summed E-state index contributed by atoms with van der Waals surface area (Å²) in [6.45, 7) is 9.48. The van der Waals surface area contributed by atoms with Crippen LogP contribution in [0.4, 0.5) is 26.3 Å². The van der Waals surface area contributed by atoms with Crippen molar-refractivity contribution in [2.24, 2.45) is 0 Å². The second-order valence-corrected chi connectivity index (χ2v) is 14.5. The SMILES string of the molecule is CC(C)c1ccc(C(c2ccc(Oc3ccc(Sc4ccc(OC(C)(C)C)cc4)cc3)c(PO)c2)(C(F)(F)F)C(F)(F)F)cc1P. The van der Waals surface area contributed by atoms with Crippen molar-refractivity contribution in [3.63, 3.8) is 0 Å². The number of halogens is 6. The van der Waals surface area contributed by atoms with Crippen molar-refractivity contribution < 1.29 is 40.7 Å². The molecule has 2 unspecified atom stereocenters. The molecule has 0 saturated carbocycles. The highest BCUT2D eigenvalue weighted by molar-refractivity contribution is 7.99. The summed E-state index contributed by atoms with van der Waals surface area (Å²) in [5.41, 5.74) is -6.08. The first-order valence-electron chi connectivity index (χ1n) is 14.2. The highest BCUT2D eigenvalue weighted by atomic mass is 32.2. The van der Waals surface area contributed by atoms with Gasteiger partial charge in [0.25, 0.3) is 0 Å². The summed E-state index contributed by atoms with van der Waals surface area (Å²) in [6.07, 6.45) is -11.5. The second kappa shape index (κ2) is 13.8. The van der Waals surface area contributed by atoms with Crippen molar-refractivity contribution in [2.75, 3.05) is 0 Å². The molecule has 0 aromatic heterocycles. The zero-order valence-electron chi connectivity index (χ0n) is 25.7. The Balaban J connectivity index is 1.64. The monoisotopic (exact) mass is 698 g/mol. The molecule has 0 fully saturated rings. The number of rotatable bonds is 9. The van der Waals surface area contributed by atoms with Gasteiger partial charge in [-0.1, -0.05) is 43.8 Å². The first kappa shape index (κ1) is 36.1. The van der Waals surface area contributed by atoms with Gasteiger partial charge in [0.05, 0.1) is 0 Å². The fourth-order valence-corrected chi connectivity index (χ4v) is 6.91. The Morgan fingerprint density at radius 1 is 0.717 bits per heavy atom. The van der Waals surface area contributed by atoms with E-state index in [1.165, 1.54) is 17.8 Å². The lowest BCUT2D eigenvalue weighted by atomic mass is 9.72. The quantitative estimate of drug-likeness (QED) is 0.140. The third-order valence-corrected chi connectivity index (χ3v) is 9.21. The van der Waals surface area contributed by atoms with E-state index in [9.17, 15) is 31.2 Å². The van der Waals surface area contributed by atoms with Crippen LogP contribution >= 0.6 is 29.8 Å². The molecule has 0 heterocycles. The number of benzene rings is 4. The molecule has 0 aliphatic carbocycles. The van der Waals surface area contributed by atoms with Crippen LogP contribution in [0.1, 0.15) is 57.2 Å². The predicted octanol–water partition coefficient (Wildman–Crippen LogP) is 10.1. The Kier molecular flexibility index (Phi) is 10.8. The van der Waals surface area contributed by atoms with E-state index in [1.807, 2.05) is 45.0 Å². The van der Waals surface area contributed by atoms with Gasteiger partial charge < -0.3 is 14.4 Å². The minimum atomic E-state index is -5.76. The van der Waals surface area contributed by atoms with E-state index >= 15 is 0 Å². The molecule has 246 valence electrons. The molecule has 2 atom stereocenters. The Morgan fingerprint density at radius 2 is 1.22 bits per heavy atom. The maximum atomic E-state index is 14.8. The first-order chi connectivity index (χ1) is 21.4. The summed E-state index contributed by atoms with van der Waals surface area (Å²) in [4.78, 5) is 11.9. The van der Waals surface area contributed by atoms with E-state index in [1.54, 1.807) is 38.1 Å². The molecule has 4 aromatic carbocycles. The molecule has 4 aromatic rings. The van der Waals surface area contributed by atoms with Crippen LogP contribution < -0.4 is 20.1 Å². The number of ether oxygens (including phenoxy) is 2. The third kappa shape index (κ3) is 7.84. The Hall–Kier alpha value is -2.77. The van der Waals surface area contributed by atoms with Crippen molar-refractivity contribution in [1.29, 1.82) is 0 Å². The van der Waals surface area contributed by atoms with Crippen molar-refractivity contribution >= 4 is 40.4 Å². The molecule has 3 nitrogen and oxygen atoms in total. The third-order valence-electron chi connectivity index (χ3n) is 7.06. The summed E-state index contributed by atoms with van der Waals surface area (Å²) < 4.78 is 100. The highest BCUT2D eigenvalue weighted by Gasteiger charge is 2.72. The van der Waals surface area contributed by atoms with E-state index in [0.29, 0.717) is 11.3 Å². The molecule has 4 rings (SSSR count). The lowest BCUT2D eigenvalue weighted by Gasteiger charge is -2.39. The van der Waals surface area contributed by atoms with Crippen molar-refractivity contribution in [1.82, 2.24) is 0 Å². The van der Waals surface area contributed by atoms with Crippen LogP contribution in [0.5, 0.6) is 17.2 Å². The van der Waals surface area contributed by atoms with Crippen molar-refractivity contribution in [2.45, 2.75) is 73.7 Å². The topological polar surface area (TPSA) is 38.7 Å². The molecule has 0 amide bonds. The smallest absolute Gasteiger partial charge is 0.411 e. The summed E-state index contributed by atoms with van der Waals surface area (Å²) in [5, 5.41) is 0.0408. The van der Waals surface area contributed by atoms with Gasteiger partial charge >= 0.3 is 12.4 Å². The molecular weight excluding hydrogens is 664 g/mol. The van der Waals surface area contributed by atoms with Crippen LogP contribution in [0.15, 0.2) is 94.7 Å². The molecule has 0 saturated heterocycles. The lowest BCUT2D eigenvalue weighted by Crippen LogP contribution is -2.55. The maximum absolute atomic E-state index is 14.8. The largest absolute Gasteiger partial charge is 0.488 e. The van der Waals surface area contributed by atoms with Gasteiger partial charge in [-0.3, -0.25) is 0 Å². The summed E-state index contributed by atoms with van der Waals surface area (Å²) in [6, 6.07) is 20.0. The number of alkyl halides is 6. The van der Waals surface area contributed by atoms with E-state index < -0.39 is 37.7 Å². The van der Waals surface area contributed by atoms with Gasteiger partial charge in [0, 0.05) is 23.9 Å². The summed E-state index contributed by atoms with van der Waals surface area (Å²) >= 11 is 1.48. The zero-order chi connectivity index (χ0) is 34.1. The van der Waals surface area contributed by atoms with Gasteiger partial charge in [0.1, 0.15) is 22.8 Å². The molecule has 0 aliphatic heterocycles. The molecule has 0 aliphatic rings. The Morgan fingerprint density at radius 3 is 1.67 bits per heavy atom. The Bertz CT molecular complexity index is 1630. The van der Waals surface area contributed by atoms with Gasteiger partial charge in [-0.05, 0) is 115 Å². The molecule has 0 spiro atoms. The minimum Gasteiger partial charge on any atom is -0.488 e. The first-order valence-corrected chi connectivity index (χ1v) is 16.5. The van der Waals surface area contributed by atoms with Crippen molar-refractivity contribution in [3.05, 3.63) is 102 Å². The normalized spacial score (nSPS) is 13.1. The standard InChI is InChI=1S/C34H34F6O3P2S/c1-20(2)27-16-6-21(18-29(27)44)32(33(35,36)37,34(38,39)40)22-7-17-28(30(19-22)45-41)42-23-8-12-25(13-9-23)46-26-14-10-24(11-15-26)43-31(3,4)5/h6-20,41,45H,44H2,1-5H3. The lowest BCUT2D eigenvalue weighted by molar-refractivity contribution is -0.288. The van der Waals surface area contributed by atoms with Crippen LogP contribution in [-0.2, 0) is 5.41 Å². The van der Waals surface area contributed by atoms with E-state index in [2.05, 4.69) is 9.24 Å².